The molecule has 0 spiro atoms. The highest BCUT2D eigenvalue weighted by Crippen LogP contribution is 2.40. The highest BCUT2D eigenvalue weighted by molar-refractivity contribution is 5.95. The minimum atomic E-state index is 0.0249. The summed E-state index contributed by atoms with van der Waals surface area (Å²) in [5, 5.41) is 3.22. The molecule has 1 aromatic carbocycles. The van der Waals surface area contributed by atoms with Crippen LogP contribution in [-0.2, 0) is 17.6 Å². The number of amides is 2. The second kappa shape index (κ2) is 5.33. The number of benzene rings is 1. The second-order valence-electron chi connectivity index (χ2n) is 8.16. The van der Waals surface area contributed by atoms with Gasteiger partial charge in [0.1, 0.15) is 0 Å². The van der Waals surface area contributed by atoms with Gasteiger partial charge in [-0.1, -0.05) is 6.07 Å². The topological polar surface area (TPSA) is 49.4 Å². The van der Waals surface area contributed by atoms with E-state index in [2.05, 4.69) is 16.3 Å². The Bertz CT molecular complexity index is 710. The molecule has 1 N–H and O–H groups in total. The smallest absolute Gasteiger partial charge is 0.251 e. The van der Waals surface area contributed by atoms with E-state index < -0.39 is 0 Å². The SMILES string of the molecule is O=C(N[C@@H]1C[C@@H]2C[C@H]1N(C(=O)CC1CC1)C2)c1ccc2c(c1)CC2. The molecule has 4 nitrogen and oxygen atoms in total. The summed E-state index contributed by atoms with van der Waals surface area (Å²) in [4.78, 5) is 27.2. The normalized spacial score (nSPS) is 30.0. The van der Waals surface area contributed by atoms with Gasteiger partial charge in [0.25, 0.3) is 5.91 Å². The lowest BCUT2D eigenvalue weighted by atomic mass is 9.87. The molecule has 2 saturated carbocycles. The predicted octanol–water partition coefficient (Wildman–Crippen LogP) is 2.30. The molecular formula is C20H24N2O2. The summed E-state index contributed by atoms with van der Waals surface area (Å²) in [5.41, 5.74) is 3.47. The molecule has 1 aromatic rings. The Balaban J connectivity index is 1.26. The molecule has 0 aromatic heterocycles. The Labute approximate surface area is 142 Å². The van der Waals surface area contributed by atoms with Crippen molar-refractivity contribution in [1.82, 2.24) is 10.2 Å². The summed E-state index contributed by atoms with van der Waals surface area (Å²) in [7, 11) is 0. The first kappa shape index (κ1) is 14.5. The number of aryl methyl sites for hydroxylation is 2. The summed E-state index contributed by atoms with van der Waals surface area (Å²) in [5.74, 6) is 1.54. The molecule has 4 heteroatoms. The van der Waals surface area contributed by atoms with Gasteiger partial charge in [0, 0.05) is 24.6 Å². The molecule has 0 radical (unpaired) electrons. The molecule has 126 valence electrons. The molecule has 1 aliphatic heterocycles. The molecular weight excluding hydrogens is 300 g/mol. The minimum Gasteiger partial charge on any atom is -0.347 e. The molecule has 2 bridgehead atoms. The lowest BCUT2D eigenvalue weighted by Gasteiger charge is -2.34. The van der Waals surface area contributed by atoms with Crippen LogP contribution in [0.15, 0.2) is 18.2 Å². The van der Waals surface area contributed by atoms with Crippen molar-refractivity contribution in [3.63, 3.8) is 0 Å². The average molecular weight is 324 g/mol. The fourth-order valence-electron chi connectivity index (χ4n) is 4.74. The maximum atomic E-state index is 12.6. The number of carbonyl (C=O) groups excluding carboxylic acids is 2. The first-order chi connectivity index (χ1) is 11.7. The van der Waals surface area contributed by atoms with Crippen LogP contribution in [0, 0.1) is 11.8 Å². The van der Waals surface area contributed by atoms with Crippen molar-refractivity contribution in [2.45, 2.75) is 57.0 Å². The molecule has 24 heavy (non-hydrogen) atoms. The monoisotopic (exact) mass is 324 g/mol. The third kappa shape index (κ3) is 2.43. The summed E-state index contributed by atoms with van der Waals surface area (Å²) in [6.07, 6.45) is 7.46. The number of nitrogens with zero attached hydrogens (tertiary/aromatic N) is 1. The summed E-state index contributed by atoms with van der Waals surface area (Å²) in [6, 6.07) is 6.41. The third-order valence-corrected chi connectivity index (χ3v) is 6.41. The molecule has 2 amide bonds. The van der Waals surface area contributed by atoms with Gasteiger partial charge in [0.15, 0.2) is 0 Å². The summed E-state index contributed by atoms with van der Waals surface area (Å²) >= 11 is 0. The number of hydrogen-bond donors (Lipinski definition) is 1. The zero-order chi connectivity index (χ0) is 16.3. The van der Waals surface area contributed by atoms with Crippen molar-refractivity contribution in [1.29, 1.82) is 0 Å². The van der Waals surface area contributed by atoms with Gasteiger partial charge >= 0.3 is 0 Å². The van der Waals surface area contributed by atoms with Crippen molar-refractivity contribution < 1.29 is 9.59 Å². The van der Waals surface area contributed by atoms with Crippen LogP contribution in [0.5, 0.6) is 0 Å². The number of rotatable bonds is 4. The first-order valence-electron chi connectivity index (χ1n) is 9.39. The lowest BCUT2D eigenvalue weighted by molar-refractivity contribution is -0.133. The van der Waals surface area contributed by atoms with E-state index in [1.807, 2.05) is 12.1 Å². The first-order valence-corrected chi connectivity index (χ1v) is 9.39. The van der Waals surface area contributed by atoms with E-state index in [1.54, 1.807) is 0 Å². The van der Waals surface area contributed by atoms with Crippen molar-refractivity contribution in [3.8, 4) is 0 Å². The zero-order valence-corrected chi connectivity index (χ0v) is 14.0. The van der Waals surface area contributed by atoms with Crippen LogP contribution in [0.25, 0.3) is 0 Å². The Morgan fingerprint density at radius 3 is 2.62 bits per heavy atom. The van der Waals surface area contributed by atoms with Gasteiger partial charge in [-0.25, -0.2) is 0 Å². The Morgan fingerprint density at radius 2 is 1.96 bits per heavy atom. The average Bonchev–Trinajstić information content (AvgIpc) is 3.13. The Morgan fingerprint density at radius 1 is 1.12 bits per heavy atom. The molecule has 4 aliphatic rings. The molecule has 3 atom stereocenters. The van der Waals surface area contributed by atoms with Crippen LogP contribution in [0.2, 0.25) is 0 Å². The fourth-order valence-corrected chi connectivity index (χ4v) is 4.74. The van der Waals surface area contributed by atoms with Crippen LogP contribution in [0.4, 0.5) is 0 Å². The highest BCUT2D eigenvalue weighted by Gasteiger charge is 2.47. The van der Waals surface area contributed by atoms with E-state index in [4.69, 9.17) is 0 Å². The predicted molar refractivity (Wildman–Crippen MR) is 90.7 cm³/mol. The van der Waals surface area contributed by atoms with Gasteiger partial charge in [-0.3, -0.25) is 9.59 Å². The van der Waals surface area contributed by atoms with Gasteiger partial charge in [0.05, 0.1) is 6.04 Å². The van der Waals surface area contributed by atoms with Crippen LogP contribution in [0.3, 0.4) is 0 Å². The van der Waals surface area contributed by atoms with Crippen molar-refractivity contribution in [2.75, 3.05) is 6.54 Å². The molecule has 1 heterocycles. The lowest BCUT2D eigenvalue weighted by Crippen LogP contribution is -2.52. The third-order valence-electron chi connectivity index (χ3n) is 6.41. The molecule has 3 aliphatic carbocycles. The van der Waals surface area contributed by atoms with E-state index in [0.717, 1.165) is 37.8 Å². The van der Waals surface area contributed by atoms with E-state index in [9.17, 15) is 9.59 Å². The van der Waals surface area contributed by atoms with E-state index in [1.165, 1.54) is 24.0 Å². The number of nitrogens with one attached hydrogen (secondary N) is 1. The largest absolute Gasteiger partial charge is 0.347 e. The number of carbonyl (C=O) groups is 2. The molecule has 5 rings (SSSR count). The standard InChI is InChI=1S/C20H24N2O2/c23-19(9-12-1-2-12)22-11-13-7-17(18(22)8-13)21-20(24)16-6-4-14-3-5-15(14)10-16/h4,6,10,12-13,17-18H,1-3,5,7-9,11H2,(H,21,24)/t13-,17-,18-/m1/s1. The second-order valence-corrected chi connectivity index (χ2v) is 8.16. The number of piperidine rings is 1. The van der Waals surface area contributed by atoms with Crippen molar-refractivity contribution in [3.05, 3.63) is 34.9 Å². The van der Waals surface area contributed by atoms with Crippen LogP contribution >= 0.6 is 0 Å². The number of hydrogen-bond acceptors (Lipinski definition) is 2. The summed E-state index contributed by atoms with van der Waals surface area (Å²) in [6.45, 7) is 0.904. The van der Waals surface area contributed by atoms with Gasteiger partial charge in [-0.2, -0.15) is 0 Å². The minimum absolute atomic E-state index is 0.0249. The zero-order valence-electron chi connectivity index (χ0n) is 14.0. The van der Waals surface area contributed by atoms with Gasteiger partial charge < -0.3 is 10.2 Å². The fraction of sp³-hybridized carbons (Fsp3) is 0.600. The Kier molecular flexibility index (Phi) is 3.22. The molecule has 0 unspecified atom stereocenters. The van der Waals surface area contributed by atoms with Gasteiger partial charge in [0.2, 0.25) is 5.91 Å². The van der Waals surface area contributed by atoms with Gasteiger partial charge in [-0.15, -0.1) is 0 Å². The van der Waals surface area contributed by atoms with E-state index in [0.29, 0.717) is 24.2 Å². The van der Waals surface area contributed by atoms with Gasteiger partial charge in [-0.05, 0) is 73.6 Å². The number of fused-ring (bicyclic) bond motifs is 3. The highest BCUT2D eigenvalue weighted by atomic mass is 16.2. The number of likely N-dealkylation sites (tertiary alicyclic amines) is 1. The van der Waals surface area contributed by atoms with E-state index in [-0.39, 0.29) is 18.0 Å². The van der Waals surface area contributed by atoms with Crippen LogP contribution in [0.1, 0.15) is 53.6 Å². The van der Waals surface area contributed by atoms with Crippen LogP contribution in [-0.4, -0.2) is 35.3 Å². The molecule has 1 saturated heterocycles. The van der Waals surface area contributed by atoms with E-state index >= 15 is 0 Å². The maximum absolute atomic E-state index is 12.6. The quantitative estimate of drug-likeness (QED) is 0.924. The van der Waals surface area contributed by atoms with Crippen molar-refractivity contribution in [2.24, 2.45) is 11.8 Å². The maximum Gasteiger partial charge on any atom is 0.251 e. The Hall–Kier alpha value is -1.84. The van der Waals surface area contributed by atoms with Crippen molar-refractivity contribution >= 4 is 11.8 Å². The summed E-state index contributed by atoms with van der Waals surface area (Å²) < 4.78 is 0. The van der Waals surface area contributed by atoms with Crippen LogP contribution < -0.4 is 5.32 Å². The molecule has 3 fully saturated rings.